The summed E-state index contributed by atoms with van der Waals surface area (Å²) in [5.41, 5.74) is 0. The van der Waals surface area contributed by atoms with E-state index in [2.05, 4.69) is 17.3 Å². The fourth-order valence-corrected chi connectivity index (χ4v) is 3.87. The van der Waals surface area contributed by atoms with E-state index in [1.165, 1.54) is 19.4 Å². The van der Waals surface area contributed by atoms with E-state index in [1.807, 2.05) is 18.2 Å². The number of thioether (sulfide) groups is 1. The molecule has 0 aliphatic carbocycles. The quantitative estimate of drug-likeness (QED) is 0.832. The molecule has 0 aromatic heterocycles. The summed E-state index contributed by atoms with van der Waals surface area (Å²) in [4.78, 5) is 3.60. The second-order valence-corrected chi connectivity index (χ2v) is 6.83. The lowest BCUT2D eigenvalue weighted by Crippen LogP contribution is -2.45. The molecule has 1 unspecified atom stereocenters. The van der Waals surface area contributed by atoms with Gasteiger partial charge in [-0.05, 0) is 44.6 Å². The van der Waals surface area contributed by atoms with Crippen LogP contribution in [0.5, 0.6) is 0 Å². The standard InChI is InChI=1S/C14H20Cl2N2S/c1-17-12-3-2-6-18(10-12)7-8-19-14-9-11(15)4-5-13(14)16/h4-5,9,12,17H,2-3,6-8,10H2,1H3. The van der Waals surface area contributed by atoms with Gasteiger partial charge in [-0.25, -0.2) is 0 Å². The molecule has 1 heterocycles. The number of likely N-dealkylation sites (tertiary alicyclic amines) is 1. The van der Waals surface area contributed by atoms with Crippen LogP contribution in [0.3, 0.4) is 0 Å². The summed E-state index contributed by atoms with van der Waals surface area (Å²) in [6.07, 6.45) is 2.58. The van der Waals surface area contributed by atoms with Crippen LogP contribution in [-0.2, 0) is 0 Å². The topological polar surface area (TPSA) is 15.3 Å². The van der Waals surface area contributed by atoms with Crippen LogP contribution in [0.4, 0.5) is 0 Å². The molecular weight excluding hydrogens is 299 g/mol. The first kappa shape index (κ1) is 15.5. The zero-order valence-electron chi connectivity index (χ0n) is 11.2. The van der Waals surface area contributed by atoms with Gasteiger partial charge in [-0.3, -0.25) is 0 Å². The third-order valence-corrected chi connectivity index (χ3v) is 5.18. The molecule has 0 bridgehead atoms. The molecule has 1 aliphatic rings. The third-order valence-electron chi connectivity index (χ3n) is 3.47. The molecule has 0 saturated carbocycles. The number of likely N-dealkylation sites (N-methyl/N-ethyl adjacent to an activating group) is 1. The van der Waals surface area contributed by atoms with Gasteiger partial charge in [0, 0.05) is 34.8 Å². The molecule has 1 fully saturated rings. The predicted molar refractivity (Wildman–Crippen MR) is 85.7 cm³/mol. The van der Waals surface area contributed by atoms with Crippen LogP contribution in [-0.4, -0.2) is 43.4 Å². The normalized spacial score (nSPS) is 20.7. The first-order valence-corrected chi connectivity index (χ1v) is 8.40. The number of hydrogen-bond acceptors (Lipinski definition) is 3. The summed E-state index contributed by atoms with van der Waals surface area (Å²) in [6, 6.07) is 6.29. The number of hydrogen-bond donors (Lipinski definition) is 1. The second kappa shape index (κ2) is 7.75. The first-order chi connectivity index (χ1) is 9.19. The van der Waals surface area contributed by atoms with E-state index in [0.717, 1.165) is 33.8 Å². The van der Waals surface area contributed by atoms with Crippen molar-refractivity contribution in [3.63, 3.8) is 0 Å². The van der Waals surface area contributed by atoms with Gasteiger partial charge in [0.25, 0.3) is 0 Å². The molecular formula is C14H20Cl2N2S. The van der Waals surface area contributed by atoms with Crippen LogP contribution in [0, 0.1) is 0 Å². The average Bonchev–Trinajstić information content (AvgIpc) is 2.43. The third kappa shape index (κ3) is 4.83. The molecule has 2 rings (SSSR count). The summed E-state index contributed by atoms with van der Waals surface area (Å²) in [5, 5.41) is 4.91. The van der Waals surface area contributed by atoms with E-state index in [1.54, 1.807) is 11.8 Å². The van der Waals surface area contributed by atoms with Crippen LogP contribution in [0.15, 0.2) is 23.1 Å². The summed E-state index contributed by atoms with van der Waals surface area (Å²) in [7, 11) is 2.05. The Bertz CT molecular complexity index is 414. The minimum absolute atomic E-state index is 0.647. The Balaban J connectivity index is 1.78. The van der Waals surface area contributed by atoms with Crippen molar-refractivity contribution in [1.82, 2.24) is 10.2 Å². The Hall–Kier alpha value is 0.0700. The van der Waals surface area contributed by atoms with Gasteiger partial charge in [0.2, 0.25) is 0 Å². The SMILES string of the molecule is CNC1CCCN(CCSc2cc(Cl)ccc2Cl)C1. The van der Waals surface area contributed by atoms with E-state index in [0.29, 0.717) is 6.04 Å². The maximum absolute atomic E-state index is 6.16. The van der Waals surface area contributed by atoms with Crippen LogP contribution in [0.1, 0.15) is 12.8 Å². The summed E-state index contributed by atoms with van der Waals surface area (Å²) in [6.45, 7) is 3.47. The van der Waals surface area contributed by atoms with Crippen LogP contribution in [0.2, 0.25) is 10.0 Å². The molecule has 106 valence electrons. The van der Waals surface area contributed by atoms with Gasteiger partial charge in [-0.2, -0.15) is 0 Å². The number of halogens is 2. The highest BCUT2D eigenvalue weighted by atomic mass is 35.5. The molecule has 1 saturated heterocycles. The van der Waals surface area contributed by atoms with Gasteiger partial charge in [-0.15, -0.1) is 11.8 Å². The molecule has 5 heteroatoms. The van der Waals surface area contributed by atoms with Gasteiger partial charge in [0.05, 0.1) is 5.02 Å². The highest BCUT2D eigenvalue weighted by Crippen LogP contribution is 2.29. The Morgan fingerprint density at radius 3 is 3.05 bits per heavy atom. The van der Waals surface area contributed by atoms with E-state index in [4.69, 9.17) is 23.2 Å². The van der Waals surface area contributed by atoms with Crippen molar-refractivity contribution in [2.45, 2.75) is 23.8 Å². The number of benzene rings is 1. The lowest BCUT2D eigenvalue weighted by Gasteiger charge is -2.32. The number of piperidine rings is 1. The molecule has 1 aromatic carbocycles. The largest absolute Gasteiger partial charge is 0.316 e. The molecule has 1 N–H and O–H groups in total. The molecule has 1 aliphatic heterocycles. The molecule has 1 atom stereocenters. The summed E-state index contributed by atoms with van der Waals surface area (Å²) in [5.74, 6) is 1.05. The zero-order valence-corrected chi connectivity index (χ0v) is 13.5. The van der Waals surface area contributed by atoms with Crippen molar-refractivity contribution in [2.75, 3.05) is 32.4 Å². The van der Waals surface area contributed by atoms with Gasteiger partial charge in [0.15, 0.2) is 0 Å². The van der Waals surface area contributed by atoms with E-state index < -0.39 is 0 Å². The number of nitrogens with zero attached hydrogens (tertiary/aromatic N) is 1. The second-order valence-electron chi connectivity index (χ2n) is 4.85. The fourth-order valence-electron chi connectivity index (χ4n) is 2.37. The molecule has 1 aromatic rings. The average molecular weight is 319 g/mol. The maximum atomic E-state index is 6.16. The number of nitrogens with one attached hydrogen (secondary N) is 1. The van der Waals surface area contributed by atoms with Crippen LogP contribution in [0.25, 0.3) is 0 Å². The van der Waals surface area contributed by atoms with Crippen molar-refractivity contribution >= 4 is 35.0 Å². The fraction of sp³-hybridized carbons (Fsp3) is 0.571. The molecule has 19 heavy (non-hydrogen) atoms. The monoisotopic (exact) mass is 318 g/mol. The Morgan fingerprint density at radius 1 is 1.42 bits per heavy atom. The number of rotatable bonds is 5. The highest BCUT2D eigenvalue weighted by Gasteiger charge is 2.17. The van der Waals surface area contributed by atoms with E-state index in [9.17, 15) is 0 Å². The van der Waals surface area contributed by atoms with E-state index >= 15 is 0 Å². The minimum atomic E-state index is 0.647. The van der Waals surface area contributed by atoms with Crippen molar-refractivity contribution in [2.24, 2.45) is 0 Å². The molecule has 2 nitrogen and oxygen atoms in total. The lowest BCUT2D eigenvalue weighted by molar-refractivity contribution is 0.206. The first-order valence-electron chi connectivity index (χ1n) is 6.66. The van der Waals surface area contributed by atoms with Gasteiger partial charge >= 0.3 is 0 Å². The van der Waals surface area contributed by atoms with Crippen molar-refractivity contribution in [3.05, 3.63) is 28.2 Å². The van der Waals surface area contributed by atoms with Crippen molar-refractivity contribution < 1.29 is 0 Å². The Morgan fingerprint density at radius 2 is 2.26 bits per heavy atom. The van der Waals surface area contributed by atoms with Gasteiger partial charge in [0.1, 0.15) is 0 Å². The van der Waals surface area contributed by atoms with E-state index in [-0.39, 0.29) is 0 Å². The smallest absolute Gasteiger partial charge is 0.0542 e. The maximum Gasteiger partial charge on any atom is 0.0542 e. The Kier molecular flexibility index (Phi) is 6.30. The highest BCUT2D eigenvalue weighted by molar-refractivity contribution is 7.99. The summed E-state index contributed by atoms with van der Waals surface area (Å²) < 4.78 is 0. The van der Waals surface area contributed by atoms with Crippen LogP contribution >= 0.6 is 35.0 Å². The zero-order chi connectivity index (χ0) is 13.7. The minimum Gasteiger partial charge on any atom is -0.316 e. The molecule has 0 radical (unpaired) electrons. The lowest BCUT2D eigenvalue weighted by atomic mass is 10.1. The predicted octanol–water partition coefficient (Wildman–Crippen LogP) is 3.77. The molecule has 0 amide bonds. The summed E-state index contributed by atoms with van der Waals surface area (Å²) >= 11 is 13.9. The van der Waals surface area contributed by atoms with Crippen molar-refractivity contribution in [1.29, 1.82) is 0 Å². The van der Waals surface area contributed by atoms with Gasteiger partial charge < -0.3 is 10.2 Å². The van der Waals surface area contributed by atoms with Crippen LogP contribution < -0.4 is 5.32 Å². The molecule has 0 spiro atoms. The van der Waals surface area contributed by atoms with Gasteiger partial charge in [-0.1, -0.05) is 23.2 Å². The van der Waals surface area contributed by atoms with Crippen molar-refractivity contribution in [3.8, 4) is 0 Å². The Labute approximate surface area is 129 Å².